The third kappa shape index (κ3) is 6.43. The van der Waals surface area contributed by atoms with Crippen molar-refractivity contribution in [2.24, 2.45) is 5.41 Å². The summed E-state index contributed by atoms with van der Waals surface area (Å²) in [7, 11) is 0. The number of nitrogens with one attached hydrogen (secondary N) is 2. The van der Waals surface area contributed by atoms with Crippen LogP contribution in [-0.2, 0) is 11.3 Å². The largest absolute Gasteiger partial charge is 0.491 e. The maximum absolute atomic E-state index is 13.4. The summed E-state index contributed by atoms with van der Waals surface area (Å²) in [5.74, 6) is 1.14. The van der Waals surface area contributed by atoms with E-state index in [1.807, 2.05) is 12.1 Å². The molecule has 0 aromatic heterocycles. The van der Waals surface area contributed by atoms with Crippen molar-refractivity contribution in [3.8, 4) is 5.75 Å². The molecule has 2 aliphatic heterocycles. The van der Waals surface area contributed by atoms with Gasteiger partial charge < -0.3 is 15.4 Å². The van der Waals surface area contributed by atoms with Crippen molar-refractivity contribution in [1.82, 2.24) is 15.5 Å². The molecule has 1 saturated heterocycles. The van der Waals surface area contributed by atoms with Gasteiger partial charge in [0.05, 0.1) is 17.5 Å². The monoisotopic (exact) mass is 477 g/mol. The lowest BCUT2D eigenvalue weighted by Crippen LogP contribution is -2.49. The summed E-state index contributed by atoms with van der Waals surface area (Å²) < 4.78 is 5.85. The van der Waals surface area contributed by atoms with Crippen LogP contribution >= 0.6 is 0 Å². The average molecular weight is 478 g/mol. The predicted molar refractivity (Wildman–Crippen MR) is 139 cm³/mol. The summed E-state index contributed by atoms with van der Waals surface area (Å²) in [6.45, 7) is 8.57. The molecular weight excluding hydrogens is 438 g/mol. The first kappa shape index (κ1) is 25.2. The van der Waals surface area contributed by atoms with Crippen LogP contribution in [0.25, 0.3) is 0 Å². The van der Waals surface area contributed by atoms with Gasteiger partial charge in [-0.25, -0.2) is 0 Å². The van der Waals surface area contributed by atoms with Crippen molar-refractivity contribution in [1.29, 1.82) is 0 Å². The number of likely N-dealkylation sites (tertiary alicyclic amines) is 1. The van der Waals surface area contributed by atoms with Crippen LogP contribution < -0.4 is 15.4 Å². The Bertz CT molecular complexity index is 994. The fourth-order valence-corrected chi connectivity index (χ4v) is 5.17. The van der Waals surface area contributed by atoms with E-state index >= 15 is 0 Å². The fraction of sp³-hybridized carbons (Fsp3) is 0.517. The molecule has 0 atom stereocenters. The highest BCUT2D eigenvalue weighted by Crippen LogP contribution is 2.37. The highest BCUT2D eigenvalue weighted by Gasteiger charge is 2.40. The second kappa shape index (κ2) is 11.7. The molecule has 6 nitrogen and oxygen atoms in total. The van der Waals surface area contributed by atoms with Crippen LogP contribution in [0.1, 0.15) is 73.4 Å². The third-order valence-corrected chi connectivity index (χ3v) is 7.49. The van der Waals surface area contributed by atoms with Crippen LogP contribution in [0.3, 0.4) is 0 Å². The molecule has 1 fully saturated rings. The van der Waals surface area contributed by atoms with Gasteiger partial charge in [-0.15, -0.1) is 0 Å². The predicted octanol–water partition coefficient (Wildman–Crippen LogP) is 4.50. The van der Waals surface area contributed by atoms with Gasteiger partial charge in [0, 0.05) is 13.1 Å². The summed E-state index contributed by atoms with van der Waals surface area (Å²) in [6.07, 6.45) is 4.35. The van der Waals surface area contributed by atoms with Gasteiger partial charge in [-0.1, -0.05) is 56.7 Å². The molecule has 0 saturated carbocycles. The number of ether oxygens (including phenoxy) is 1. The van der Waals surface area contributed by atoms with Crippen molar-refractivity contribution < 1.29 is 14.3 Å². The van der Waals surface area contributed by atoms with E-state index in [1.54, 1.807) is 12.1 Å². The van der Waals surface area contributed by atoms with Crippen LogP contribution in [0, 0.1) is 5.41 Å². The number of fused-ring (bicyclic) bond motifs is 1. The molecule has 2 amide bonds. The number of carbonyl (C=O) groups excluding carboxylic acids is 2. The second-order valence-electron chi connectivity index (χ2n) is 10.3. The summed E-state index contributed by atoms with van der Waals surface area (Å²) >= 11 is 0. The van der Waals surface area contributed by atoms with Gasteiger partial charge in [0.15, 0.2) is 0 Å². The van der Waals surface area contributed by atoms with Gasteiger partial charge >= 0.3 is 0 Å². The zero-order valence-corrected chi connectivity index (χ0v) is 21.1. The number of hydrogen-bond donors (Lipinski definition) is 2. The van der Waals surface area contributed by atoms with Gasteiger partial charge in [0.25, 0.3) is 5.91 Å². The van der Waals surface area contributed by atoms with Crippen LogP contribution in [-0.4, -0.2) is 49.5 Å². The molecular formula is C29H39N3O3. The van der Waals surface area contributed by atoms with E-state index in [4.69, 9.17) is 4.74 Å². The Morgan fingerprint density at radius 3 is 2.40 bits per heavy atom. The maximum atomic E-state index is 13.4. The molecule has 0 radical (unpaired) electrons. The minimum absolute atomic E-state index is 0.105. The van der Waals surface area contributed by atoms with Crippen molar-refractivity contribution in [3.63, 3.8) is 0 Å². The lowest BCUT2D eigenvalue weighted by molar-refractivity contribution is -0.134. The zero-order chi connectivity index (χ0) is 24.7. The Balaban J connectivity index is 1.36. The summed E-state index contributed by atoms with van der Waals surface area (Å²) in [5.41, 5.74) is 2.89. The van der Waals surface area contributed by atoms with Crippen LogP contribution in [0.15, 0.2) is 48.5 Å². The number of rotatable bonds is 3. The lowest BCUT2D eigenvalue weighted by atomic mass is 9.73. The SMILES string of the molecule is CC(C)c1ccc(CN2CCC3(CCCCNC(=O)c4ccccc4OCCNC3=O)CC2)cc1. The zero-order valence-electron chi connectivity index (χ0n) is 21.1. The maximum Gasteiger partial charge on any atom is 0.255 e. The van der Waals surface area contributed by atoms with Crippen LogP contribution in [0.2, 0.25) is 0 Å². The Hall–Kier alpha value is -2.86. The van der Waals surface area contributed by atoms with Crippen molar-refractivity contribution in [3.05, 3.63) is 65.2 Å². The fourth-order valence-electron chi connectivity index (χ4n) is 5.17. The Morgan fingerprint density at radius 1 is 0.914 bits per heavy atom. The van der Waals surface area contributed by atoms with E-state index in [0.29, 0.717) is 36.9 Å². The number of carbonyl (C=O) groups is 2. The van der Waals surface area contributed by atoms with E-state index in [9.17, 15) is 9.59 Å². The molecule has 4 rings (SSSR count). The van der Waals surface area contributed by atoms with Crippen LogP contribution in [0.5, 0.6) is 5.75 Å². The molecule has 0 unspecified atom stereocenters. The molecule has 0 bridgehead atoms. The summed E-state index contributed by atoms with van der Waals surface area (Å²) in [4.78, 5) is 28.4. The van der Waals surface area contributed by atoms with Gasteiger partial charge in [-0.3, -0.25) is 14.5 Å². The van der Waals surface area contributed by atoms with E-state index in [-0.39, 0.29) is 17.2 Å². The average Bonchev–Trinajstić information content (AvgIpc) is 2.87. The first-order valence-electron chi connectivity index (χ1n) is 13.1. The smallest absolute Gasteiger partial charge is 0.255 e. The third-order valence-electron chi connectivity index (χ3n) is 7.49. The number of benzene rings is 2. The normalized spacial score (nSPS) is 19.9. The standard InChI is InChI=1S/C29H39N3O3/c1-22(2)24-11-9-23(10-12-24)21-32-18-14-29(15-19-32)13-5-6-16-30-27(33)25-7-3-4-8-26(25)35-20-17-31-28(29)34/h3-4,7-12,22H,5-6,13-21H2,1-2H3,(H,30,33)(H,31,34). The molecule has 2 aromatic rings. The van der Waals surface area contributed by atoms with Gasteiger partial charge in [-0.05, 0) is 68.0 Å². The molecule has 6 heteroatoms. The summed E-state index contributed by atoms with van der Waals surface area (Å²) in [5, 5.41) is 6.15. The molecule has 1 spiro atoms. The number of amides is 2. The Morgan fingerprint density at radius 2 is 1.66 bits per heavy atom. The van der Waals surface area contributed by atoms with E-state index in [1.165, 1.54) is 11.1 Å². The van der Waals surface area contributed by atoms with Crippen molar-refractivity contribution in [2.75, 3.05) is 32.8 Å². The topological polar surface area (TPSA) is 70.7 Å². The van der Waals surface area contributed by atoms with Crippen molar-refractivity contribution in [2.45, 2.75) is 58.4 Å². The Labute approximate surface area is 209 Å². The lowest BCUT2D eigenvalue weighted by Gasteiger charge is -2.41. The first-order chi connectivity index (χ1) is 17.0. The van der Waals surface area contributed by atoms with Crippen molar-refractivity contribution >= 4 is 11.8 Å². The van der Waals surface area contributed by atoms with E-state index < -0.39 is 0 Å². The number of hydrogen-bond acceptors (Lipinski definition) is 4. The minimum Gasteiger partial charge on any atom is -0.491 e. The highest BCUT2D eigenvalue weighted by atomic mass is 16.5. The molecule has 2 aliphatic rings. The molecule has 2 aromatic carbocycles. The molecule has 0 aliphatic carbocycles. The Kier molecular flexibility index (Phi) is 8.45. The van der Waals surface area contributed by atoms with Gasteiger partial charge in [0.1, 0.15) is 12.4 Å². The molecule has 188 valence electrons. The van der Waals surface area contributed by atoms with Gasteiger partial charge in [0.2, 0.25) is 5.91 Å². The molecule has 2 heterocycles. The van der Waals surface area contributed by atoms with Gasteiger partial charge in [-0.2, -0.15) is 0 Å². The first-order valence-corrected chi connectivity index (χ1v) is 13.1. The van der Waals surface area contributed by atoms with Crippen LogP contribution in [0.4, 0.5) is 0 Å². The second-order valence-corrected chi connectivity index (χ2v) is 10.3. The van der Waals surface area contributed by atoms with E-state index in [2.05, 4.69) is 53.6 Å². The molecule has 2 N–H and O–H groups in total. The number of para-hydroxylation sites is 1. The number of nitrogens with zero attached hydrogens (tertiary/aromatic N) is 1. The number of piperidine rings is 1. The quantitative estimate of drug-likeness (QED) is 0.683. The highest BCUT2D eigenvalue weighted by molar-refractivity contribution is 5.96. The minimum atomic E-state index is -0.343. The molecule has 35 heavy (non-hydrogen) atoms. The van der Waals surface area contributed by atoms with E-state index in [0.717, 1.165) is 51.7 Å². The summed E-state index contributed by atoms with van der Waals surface area (Å²) in [6, 6.07) is 16.2.